The van der Waals surface area contributed by atoms with Crippen LogP contribution in [-0.4, -0.2) is 9.55 Å². The van der Waals surface area contributed by atoms with E-state index in [-0.39, 0.29) is 18.5 Å². The predicted molar refractivity (Wildman–Crippen MR) is 130 cm³/mol. The monoisotopic (exact) mass is 443 g/mol. The van der Waals surface area contributed by atoms with E-state index < -0.39 is 0 Å². The second-order valence-corrected chi connectivity index (χ2v) is 7.84. The largest absolute Gasteiger partial charge is 0.363 e. The minimum absolute atomic E-state index is 0. The van der Waals surface area contributed by atoms with E-state index >= 15 is 0 Å². The lowest BCUT2D eigenvalue weighted by Crippen LogP contribution is -2.11. The third-order valence-corrected chi connectivity index (χ3v) is 5.52. The highest BCUT2D eigenvalue weighted by atomic mass is 35.5. The van der Waals surface area contributed by atoms with E-state index in [2.05, 4.69) is 61.3 Å². The number of nitriles is 1. The van der Waals surface area contributed by atoms with Crippen LogP contribution < -0.4 is 0 Å². The fourth-order valence-corrected chi connectivity index (χ4v) is 3.87. The van der Waals surface area contributed by atoms with Gasteiger partial charge in [-0.3, -0.25) is 0 Å². The summed E-state index contributed by atoms with van der Waals surface area (Å²) in [6.45, 7) is 4.63. The van der Waals surface area contributed by atoms with Crippen LogP contribution >= 0.6 is 12.4 Å². The first kappa shape index (κ1) is 23.3. The summed E-state index contributed by atoms with van der Waals surface area (Å²) in [4.78, 5) is 4.30. The zero-order valence-corrected chi connectivity index (χ0v) is 19.3. The van der Waals surface area contributed by atoms with Crippen molar-refractivity contribution in [3.8, 4) is 17.2 Å². The zero-order valence-electron chi connectivity index (χ0n) is 18.4. The highest BCUT2D eigenvalue weighted by Gasteiger charge is 2.20. The molecule has 0 aliphatic rings. The SMILES string of the molecule is Cc1cccc(COC(c2ccc(C#N)c(-c3ccccc3C)c2)c2cncn2C)c1.Cl. The molecule has 3 aromatic carbocycles. The Kier molecular flexibility index (Phi) is 7.48. The summed E-state index contributed by atoms with van der Waals surface area (Å²) < 4.78 is 8.42. The third-order valence-electron chi connectivity index (χ3n) is 5.52. The highest BCUT2D eigenvalue weighted by molar-refractivity contribution is 5.85. The van der Waals surface area contributed by atoms with Crippen LogP contribution in [0.25, 0.3) is 11.1 Å². The Balaban J connectivity index is 0.00000289. The molecular weight excluding hydrogens is 418 g/mol. The second kappa shape index (κ2) is 10.3. The highest BCUT2D eigenvalue weighted by Crippen LogP contribution is 2.33. The van der Waals surface area contributed by atoms with Gasteiger partial charge in [-0.2, -0.15) is 5.26 Å². The average Bonchev–Trinajstić information content (AvgIpc) is 3.20. The summed E-state index contributed by atoms with van der Waals surface area (Å²) in [6, 6.07) is 24.8. The van der Waals surface area contributed by atoms with Crippen molar-refractivity contribution in [2.75, 3.05) is 0 Å². The molecule has 0 N–H and O–H groups in total. The fourth-order valence-electron chi connectivity index (χ4n) is 3.87. The number of rotatable bonds is 6. The quantitative estimate of drug-likeness (QED) is 0.351. The molecule has 162 valence electrons. The first-order valence-electron chi connectivity index (χ1n) is 10.3. The molecule has 0 bridgehead atoms. The summed E-state index contributed by atoms with van der Waals surface area (Å²) in [6.07, 6.45) is 3.32. The molecule has 0 amide bonds. The van der Waals surface area contributed by atoms with Gasteiger partial charge in [0.25, 0.3) is 0 Å². The van der Waals surface area contributed by atoms with Crippen LogP contribution in [0.15, 0.2) is 79.3 Å². The molecule has 1 atom stereocenters. The van der Waals surface area contributed by atoms with Gasteiger partial charge < -0.3 is 9.30 Å². The normalized spacial score (nSPS) is 11.4. The van der Waals surface area contributed by atoms with Crippen molar-refractivity contribution in [2.45, 2.75) is 26.6 Å². The van der Waals surface area contributed by atoms with E-state index in [1.807, 2.05) is 48.1 Å². The number of ether oxygens (including phenoxy) is 1. The maximum Gasteiger partial charge on any atom is 0.124 e. The standard InChI is InChI=1S/C27H25N3O.ClH/c1-19-7-6-9-21(13-19)17-31-27(26-16-29-18-30(26)3)22-11-12-23(15-28)25(14-22)24-10-5-4-8-20(24)2;/h4-14,16,18,27H,17H2,1-3H3;1H. The van der Waals surface area contributed by atoms with Crippen molar-refractivity contribution in [3.63, 3.8) is 0 Å². The Morgan fingerprint density at radius 2 is 1.81 bits per heavy atom. The summed E-state index contributed by atoms with van der Waals surface area (Å²) in [5.74, 6) is 0. The molecule has 32 heavy (non-hydrogen) atoms. The van der Waals surface area contributed by atoms with E-state index in [1.54, 1.807) is 6.33 Å². The summed E-state index contributed by atoms with van der Waals surface area (Å²) >= 11 is 0. The van der Waals surface area contributed by atoms with Gasteiger partial charge in [-0.1, -0.05) is 60.2 Å². The van der Waals surface area contributed by atoms with Gasteiger partial charge in [0.1, 0.15) is 6.10 Å². The van der Waals surface area contributed by atoms with Gasteiger partial charge in [0.05, 0.1) is 36.5 Å². The van der Waals surface area contributed by atoms with E-state index in [9.17, 15) is 5.26 Å². The molecule has 0 radical (unpaired) electrons. The van der Waals surface area contributed by atoms with Crippen LogP contribution in [0.1, 0.15) is 39.6 Å². The number of benzene rings is 3. The van der Waals surface area contributed by atoms with Crippen LogP contribution in [0.5, 0.6) is 0 Å². The topological polar surface area (TPSA) is 50.8 Å². The van der Waals surface area contributed by atoms with Crippen molar-refractivity contribution in [3.05, 3.63) is 113 Å². The van der Waals surface area contributed by atoms with E-state index in [0.717, 1.165) is 33.5 Å². The molecule has 1 unspecified atom stereocenters. The van der Waals surface area contributed by atoms with Crippen LogP contribution in [-0.2, 0) is 18.4 Å². The molecule has 0 fully saturated rings. The maximum absolute atomic E-state index is 9.71. The first-order valence-corrected chi connectivity index (χ1v) is 10.3. The molecule has 4 rings (SSSR count). The zero-order chi connectivity index (χ0) is 21.8. The number of nitrogens with zero attached hydrogens (tertiary/aromatic N) is 3. The minimum Gasteiger partial charge on any atom is -0.363 e. The molecule has 1 heterocycles. The smallest absolute Gasteiger partial charge is 0.124 e. The van der Waals surface area contributed by atoms with E-state index in [0.29, 0.717) is 12.2 Å². The Hall–Kier alpha value is -3.39. The summed E-state index contributed by atoms with van der Waals surface area (Å²) in [7, 11) is 1.97. The van der Waals surface area contributed by atoms with E-state index in [1.165, 1.54) is 5.56 Å². The Morgan fingerprint density at radius 3 is 2.50 bits per heavy atom. The predicted octanol–water partition coefficient (Wildman–Crippen LogP) is 6.30. The van der Waals surface area contributed by atoms with Crippen LogP contribution in [0.3, 0.4) is 0 Å². The lowest BCUT2D eigenvalue weighted by atomic mass is 9.93. The molecule has 0 spiro atoms. The lowest BCUT2D eigenvalue weighted by molar-refractivity contribution is 0.0622. The van der Waals surface area contributed by atoms with Crippen LogP contribution in [0.2, 0.25) is 0 Å². The number of aryl methyl sites for hydroxylation is 3. The van der Waals surface area contributed by atoms with Crippen molar-refractivity contribution in [1.82, 2.24) is 9.55 Å². The van der Waals surface area contributed by atoms with Crippen molar-refractivity contribution >= 4 is 12.4 Å². The Labute approximate surface area is 195 Å². The summed E-state index contributed by atoms with van der Waals surface area (Å²) in [5, 5.41) is 9.71. The number of hydrogen-bond donors (Lipinski definition) is 0. The number of imidazole rings is 1. The van der Waals surface area contributed by atoms with Gasteiger partial charge in [-0.15, -0.1) is 12.4 Å². The lowest BCUT2D eigenvalue weighted by Gasteiger charge is -2.21. The van der Waals surface area contributed by atoms with Crippen molar-refractivity contribution < 1.29 is 4.74 Å². The van der Waals surface area contributed by atoms with E-state index in [4.69, 9.17) is 4.74 Å². The number of halogens is 1. The van der Waals surface area contributed by atoms with Crippen LogP contribution in [0.4, 0.5) is 0 Å². The Morgan fingerprint density at radius 1 is 1.00 bits per heavy atom. The molecular formula is C27H26ClN3O. The molecule has 4 nitrogen and oxygen atoms in total. The molecule has 5 heteroatoms. The number of aromatic nitrogens is 2. The van der Waals surface area contributed by atoms with Gasteiger partial charge >= 0.3 is 0 Å². The van der Waals surface area contributed by atoms with Gasteiger partial charge in [0, 0.05) is 12.6 Å². The molecule has 4 aromatic rings. The average molecular weight is 444 g/mol. The minimum atomic E-state index is -0.302. The molecule has 0 saturated heterocycles. The van der Waals surface area contributed by atoms with Gasteiger partial charge in [-0.25, -0.2) is 4.98 Å². The van der Waals surface area contributed by atoms with Crippen molar-refractivity contribution in [1.29, 1.82) is 5.26 Å². The molecule has 0 aliphatic carbocycles. The molecule has 1 aromatic heterocycles. The summed E-state index contributed by atoms with van der Waals surface area (Å²) in [5.41, 5.74) is 8.06. The Bertz CT molecular complexity index is 1260. The van der Waals surface area contributed by atoms with Gasteiger partial charge in [-0.05, 0) is 48.2 Å². The molecule has 0 aliphatic heterocycles. The first-order chi connectivity index (χ1) is 15.1. The maximum atomic E-state index is 9.71. The van der Waals surface area contributed by atoms with Crippen LogP contribution in [0, 0.1) is 25.2 Å². The third kappa shape index (κ3) is 4.91. The van der Waals surface area contributed by atoms with Crippen molar-refractivity contribution in [2.24, 2.45) is 7.05 Å². The molecule has 0 saturated carbocycles. The number of hydrogen-bond acceptors (Lipinski definition) is 3. The second-order valence-electron chi connectivity index (χ2n) is 7.84. The fraction of sp³-hybridized carbons (Fsp3) is 0.185. The van der Waals surface area contributed by atoms with Gasteiger partial charge in [0.15, 0.2) is 0 Å². The van der Waals surface area contributed by atoms with Gasteiger partial charge in [0.2, 0.25) is 0 Å².